The second kappa shape index (κ2) is 15.7. The third kappa shape index (κ3) is 8.65. The first-order chi connectivity index (χ1) is 18.4. The number of aliphatic hydroxyl groups is 1. The van der Waals surface area contributed by atoms with Gasteiger partial charge < -0.3 is 24.9 Å². The molecule has 3 N–H and O–H groups in total. The zero-order valence-electron chi connectivity index (χ0n) is 21.7. The molecule has 1 atom stereocenters. The Morgan fingerprint density at radius 2 is 1.87 bits per heavy atom. The minimum atomic E-state index is -0.930. The molecule has 1 aromatic heterocycles. The number of nitrogens with one attached hydrogen (secondary N) is 2. The molecule has 10 nitrogen and oxygen atoms in total. The van der Waals surface area contributed by atoms with Crippen molar-refractivity contribution in [1.29, 1.82) is 10.5 Å². The number of ether oxygens (including phenoxy) is 1. The van der Waals surface area contributed by atoms with Crippen molar-refractivity contribution in [3.8, 4) is 24.0 Å². The number of furan rings is 1. The van der Waals surface area contributed by atoms with Crippen LogP contribution < -0.4 is 10.6 Å². The lowest BCUT2D eigenvalue weighted by molar-refractivity contribution is -0.128. The zero-order valence-corrected chi connectivity index (χ0v) is 21.7. The highest BCUT2D eigenvalue weighted by molar-refractivity contribution is 6.06. The molecular formula is C28H32N4O6. The van der Waals surface area contributed by atoms with E-state index in [1.165, 1.54) is 6.92 Å². The first kappa shape index (κ1) is 29.9. The maximum atomic E-state index is 13.0. The largest absolute Gasteiger partial charge is 0.462 e. The molecule has 0 saturated carbocycles. The minimum Gasteiger partial charge on any atom is -0.462 e. The van der Waals surface area contributed by atoms with Gasteiger partial charge in [-0.15, -0.1) is 0 Å². The number of benzene rings is 1. The van der Waals surface area contributed by atoms with Crippen LogP contribution in [0, 0.1) is 34.5 Å². The molecule has 0 fully saturated rings. The van der Waals surface area contributed by atoms with Crippen molar-refractivity contribution in [2.45, 2.75) is 64.8 Å². The van der Waals surface area contributed by atoms with Gasteiger partial charge in [-0.05, 0) is 37.5 Å². The van der Waals surface area contributed by atoms with Gasteiger partial charge in [-0.1, -0.05) is 11.8 Å². The lowest BCUT2D eigenvalue weighted by Gasteiger charge is -2.18. The highest BCUT2D eigenvalue weighted by Crippen LogP contribution is 2.32. The molecule has 0 saturated heterocycles. The van der Waals surface area contributed by atoms with E-state index in [2.05, 4.69) is 34.6 Å². The summed E-state index contributed by atoms with van der Waals surface area (Å²) in [5.74, 6) is 5.05. The van der Waals surface area contributed by atoms with Crippen molar-refractivity contribution in [1.82, 2.24) is 10.6 Å². The van der Waals surface area contributed by atoms with Gasteiger partial charge in [0.2, 0.25) is 11.8 Å². The van der Waals surface area contributed by atoms with E-state index >= 15 is 0 Å². The fourth-order valence-corrected chi connectivity index (χ4v) is 3.86. The SMILES string of the molecule is CCOC(=O)c1c(CCCC#N)oc2c(C#CCCCC#N)cc(C[C@H](NC(C)=O)C(=O)NCCO)cc12. The molecule has 10 heteroatoms. The Balaban J connectivity index is 2.64. The third-order valence-corrected chi connectivity index (χ3v) is 5.45. The topological polar surface area (TPSA) is 165 Å². The number of fused-ring (bicyclic) bond motifs is 1. The molecule has 0 bridgehead atoms. The Kier molecular flexibility index (Phi) is 12.4. The molecule has 0 aliphatic heterocycles. The summed E-state index contributed by atoms with van der Waals surface area (Å²) in [7, 11) is 0. The van der Waals surface area contributed by atoms with E-state index in [0.717, 1.165) is 0 Å². The number of unbranched alkanes of at least 4 members (excludes halogenated alkanes) is 3. The Hall–Kier alpha value is -4.33. The zero-order chi connectivity index (χ0) is 27.9. The van der Waals surface area contributed by atoms with Crippen LogP contribution in [0.15, 0.2) is 16.5 Å². The van der Waals surface area contributed by atoms with E-state index < -0.39 is 23.8 Å². The number of carbonyl (C=O) groups is 3. The van der Waals surface area contributed by atoms with Gasteiger partial charge in [0.15, 0.2) is 5.58 Å². The smallest absolute Gasteiger partial charge is 0.342 e. The normalized spacial score (nSPS) is 11.0. The van der Waals surface area contributed by atoms with Crippen molar-refractivity contribution in [3.63, 3.8) is 0 Å². The molecule has 0 spiro atoms. The van der Waals surface area contributed by atoms with Crippen molar-refractivity contribution >= 4 is 28.8 Å². The Morgan fingerprint density at radius 1 is 1.13 bits per heavy atom. The quantitative estimate of drug-likeness (QED) is 0.206. The van der Waals surface area contributed by atoms with Gasteiger partial charge in [0, 0.05) is 51.0 Å². The van der Waals surface area contributed by atoms with Gasteiger partial charge in [-0.3, -0.25) is 9.59 Å². The lowest BCUT2D eigenvalue weighted by atomic mass is 9.98. The van der Waals surface area contributed by atoms with Crippen LogP contribution in [0.2, 0.25) is 0 Å². The first-order valence-electron chi connectivity index (χ1n) is 12.5. The van der Waals surface area contributed by atoms with Crippen molar-refractivity contribution in [2.24, 2.45) is 0 Å². The molecule has 2 aromatic rings. The average molecular weight is 521 g/mol. The predicted octanol–water partition coefficient (Wildman–Crippen LogP) is 2.66. The maximum absolute atomic E-state index is 13.0. The summed E-state index contributed by atoms with van der Waals surface area (Å²) in [5.41, 5.74) is 1.74. The van der Waals surface area contributed by atoms with E-state index in [4.69, 9.17) is 24.8 Å². The summed E-state index contributed by atoms with van der Waals surface area (Å²) < 4.78 is 11.4. The third-order valence-electron chi connectivity index (χ3n) is 5.45. The number of aliphatic hydroxyl groups excluding tert-OH is 1. The monoisotopic (exact) mass is 520 g/mol. The van der Waals surface area contributed by atoms with Gasteiger partial charge in [0.25, 0.3) is 0 Å². The molecule has 2 rings (SSSR count). The van der Waals surface area contributed by atoms with Crippen molar-refractivity contribution in [2.75, 3.05) is 19.8 Å². The highest BCUT2D eigenvalue weighted by Gasteiger charge is 2.26. The van der Waals surface area contributed by atoms with Crippen molar-refractivity contribution in [3.05, 3.63) is 34.6 Å². The number of hydrogen-bond donors (Lipinski definition) is 3. The maximum Gasteiger partial charge on any atom is 0.342 e. The number of aryl methyl sites for hydroxylation is 1. The Morgan fingerprint density at radius 3 is 2.53 bits per heavy atom. The van der Waals surface area contributed by atoms with Crippen molar-refractivity contribution < 1.29 is 28.6 Å². The van der Waals surface area contributed by atoms with Gasteiger partial charge >= 0.3 is 5.97 Å². The summed E-state index contributed by atoms with van der Waals surface area (Å²) in [6, 6.07) is 6.69. The number of carbonyl (C=O) groups excluding carboxylic acids is 3. The highest BCUT2D eigenvalue weighted by atomic mass is 16.5. The molecule has 200 valence electrons. The van der Waals surface area contributed by atoms with E-state index in [-0.39, 0.29) is 38.2 Å². The van der Waals surface area contributed by atoms with Gasteiger partial charge in [0.1, 0.15) is 17.4 Å². The van der Waals surface area contributed by atoms with E-state index in [0.29, 0.717) is 60.0 Å². The molecule has 1 aromatic carbocycles. The van der Waals surface area contributed by atoms with Crippen LogP contribution in [0.25, 0.3) is 11.0 Å². The van der Waals surface area contributed by atoms with Gasteiger partial charge in [0.05, 0.1) is 30.9 Å². The average Bonchev–Trinajstić information content (AvgIpc) is 3.25. The molecule has 1 heterocycles. The van der Waals surface area contributed by atoms with Crippen LogP contribution in [-0.4, -0.2) is 48.7 Å². The minimum absolute atomic E-state index is 0.0359. The van der Waals surface area contributed by atoms with Crippen LogP contribution in [0.1, 0.15) is 73.2 Å². The van der Waals surface area contributed by atoms with Crippen LogP contribution in [0.5, 0.6) is 0 Å². The van der Waals surface area contributed by atoms with Crippen LogP contribution in [0.4, 0.5) is 0 Å². The molecule has 0 aliphatic carbocycles. The van der Waals surface area contributed by atoms with Gasteiger partial charge in [-0.2, -0.15) is 10.5 Å². The second-order valence-corrected chi connectivity index (χ2v) is 8.44. The van der Waals surface area contributed by atoms with E-state index in [1.807, 2.05) is 0 Å². The standard InChI is InChI=1S/C28H32N4O6/c1-3-37-28(36)25-22-17-20(18-23(32-19(2)34)27(35)31-14-15-33)16-21(10-6-4-5-8-12-29)26(22)38-24(25)11-7-9-13-30/h16-17,23,33H,3-5,7-9,11,14-15,18H2,1-2H3,(H,31,35)(H,32,34)/t23-/m0/s1. The van der Waals surface area contributed by atoms with Crippen LogP contribution in [0.3, 0.4) is 0 Å². The summed E-state index contributed by atoms with van der Waals surface area (Å²) in [5, 5.41) is 32.4. The Bertz CT molecular complexity index is 1290. The predicted molar refractivity (Wildman–Crippen MR) is 138 cm³/mol. The van der Waals surface area contributed by atoms with Crippen LogP contribution >= 0.6 is 0 Å². The molecule has 0 radical (unpaired) electrons. The van der Waals surface area contributed by atoms with Crippen LogP contribution in [-0.2, 0) is 27.2 Å². The molecule has 0 aliphatic rings. The Labute approximate surface area is 221 Å². The molecule has 2 amide bonds. The molecule has 0 unspecified atom stereocenters. The van der Waals surface area contributed by atoms with E-state index in [9.17, 15) is 14.4 Å². The lowest BCUT2D eigenvalue weighted by Crippen LogP contribution is -2.48. The summed E-state index contributed by atoms with van der Waals surface area (Å²) in [6.07, 6.45) is 2.68. The second-order valence-electron chi connectivity index (χ2n) is 8.44. The summed E-state index contributed by atoms with van der Waals surface area (Å²) in [6.45, 7) is 2.94. The number of esters is 1. The number of rotatable bonds is 13. The number of hydrogen-bond acceptors (Lipinski definition) is 8. The fourth-order valence-electron chi connectivity index (χ4n) is 3.86. The molecular weight excluding hydrogens is 488 g/mol. The summed E-state index contributed by atoms with van der Waals surface area (Å²) in [4.78, 5) is 37.4. The number of amides is 2. The molecule has 38 heavy (non-hydrogen) atoms. The number of nitriles is 2. The van der Waals surface area contributed by atoms with Gasteiger partial charge in [-0.25, -0.2) is 4.79 Å². The fraction of sp³-hybridized carbons (Fsp3) is 0.464. The first-order valence-corrected chi connectivity index (χ1v) is 12.5. The number of nitrogens with zero attached hydrogens (tertiary/aromatic N) is 2. The summed E-state index contributed by atoms with van der Waals surface area (Å²) >= 11 is 0. The van der Waals surface area contributed by atoms with E-state index in [1.54, 1.807) is 19.1 Å².